The molecule has 1 aliphatic rings. The van der Waals surface area contributed by atoms with Crippen LogP contribution in [0.2, 0.25) is 0 Å². The second-order valence-corrected chi connectivity index (χ2v) is 7.07. The van der Waals surface area contributed by atoms with Crippen LogP contribution in [0.15, 0.2) is 81.1 Å². The van der Waals surface area contributed by atoms with Gasteiger partial charge >= 0.3 is 0 Å². The molecule has 0 saturated carbocycles. The molecule has 2 heterocycles. The van der Waals surface area contributed by atoms with Gasteiger partial charge in [0.05, 0.1) is 17.5 Å². The normalized spacial score (nSPS) is 13.2. The zero-order chi connectivity index (χ0) is 18.8. The van der Waals surface area contributed by atoms with Crippen molar-refractivity contribution in [3.8, 4) is 0 Å². The summed E-state index contributed by atoms with van der Waals surface area (Å²) in [6.07, 6.45) is 4.58. The average molecular weight is 376 g/mol. The van der Waals surface area contributed by atoms with E-state index in [0.29, 0.717) is 17.0 Å². The molecule has 27 heavy (non-hydrogen) atoms. The number of carbonyl (C=O) groups excluding carboxylic acids is 2. The van der Waals surface area contributed by atoms with Crippen LogP contribution in [-0.2, 0) is 4.79 Å². The highest BCUT2D eigenvalue weighted by Crippen LogP contribution is 2.41. The van der Waals surface area contributed by atoms with E-state index >= 15 is 0 Å². The standard InChI is InChI=1S/C21H16N2O3S/c1-23-17-10-8-14(22-20(24)11-9-15-5-4-12-26-15)13-19(17)27-18-7-3-2-6-16(18)21(23)25/h2-13H,1H3,(H,22,24)/b11-9+. The molecule has 0 atom stereocenters. The first-order valence-corrected chi connectivity index (χ1v) is 9.15. The predicted octanol–water partition coefficient (Wildman–Crippen LogP) is 4.67. The topological polar surface area (TPSA) is 62.6 Å². The van der Waals surface area contributed by atoms with E-state index < -0.39 is 0 Å². The van der Waals surface area contributed by atoms with E-state index in [1.165, 1.54) is 17.8 Å². The molecule has 0 unspecified atom stereocenters. The molecular weight excluding hydrogens is 360 g/mol. The minimum Gasteiger partial charge on any atom is -0.465 e. The average Bonchev–Trinajstić information content (AvgIpc) is 3.16. The van der Waals surface area contributed by atoms with Crippen molar-refractivity contribution < 1.29 is 14.0 Å². The lowest BCUT2D eigenvalue weighted by atomic mass is 10.2. The molecular formula is C21H16N2O3S. The number of amides is 2. The Kier molecular flexibility index (Phi) is 4.56. The Bertz CT molecular complexity index is 1040. The van der Waals surface area contributed by atoms with E-state index in [0.717, 1.165) is 15.5 Å². The minimum atomic E-state index is -0.255. The van der Waals surface area contributed by atoms with Crippen molar-refractivity contribution >= 4 is 41.0 Å². The van der Waals surface area contributed by atoms with E-state index in [4.69, 9.17) is 4.42 Å². The quantitative estimate of drug-likeness (QED) is 0.675. The van der Waals surface area contributed by atoms with Gasteiger partial charge in [0, 0.05) is 28.6 Å². The lowest BCUT2D eigenvalue weighted by molar-refractivity contribution is -0.111. The van der Waals surface area contributed by atoms with Crippen LogP contribution in [0.1, 0.15) is 16.1 Å². The van der Waals surface area contributed by atoms with Crippen LogP contribution in [-0.4, -0.2) is 18.9 Å². The third-order valence-electron chi connectivity index (χ3n) is 4.17. The molecule has 1 N–H and O–H groups in total. The van der Waals surface area contributed by atoms with Gasteiger partial charge in [-0.05, 0) is 48.5 Å². The highest BCUT2D eigenvalue weighted by atomic mass is 32.2. The van der Waals surface area contributed by atoms with Crippen molar-refractivity contribution in [1.29, 1.82) is 0 Å². The lowest BCUT2D eigenvalue weighted by Gasteiger charge is -2.18. The van der Waals surface area contributed by atoms with Crippen LogP contribution in [0.3, 0.4) is 0 Å². The Morgan fingerprint density at radius 2 is 1.96 bits per heavy atom. The van der Waals surface area contributed by atoms with Crippen molar-refractivity contribution in [3.63, 3.8) is 0 Å². The molecule has 134 valence electrons. The lowest BCUT2D eigenvalue weighted by Crippen LogP contribution is -2.25. The molecule has 0 spiro atoms. The number of fused-ring (bicyclic) bond motifs is 2. The summed E-state index contributed by atoms with van der Waals surface area (Å²) in [7, 11) is 1.76. The third kappa shape index (κ3) is 3.52. The van der Waals surface area contributed by atoms with Crippen LogP contribution in [0.5, 0.6) is 0 Å². The van der Waals surface area contributed by atoms with Crippen molar-refractivity contribution in [2.45, 2.75) is 9.79 Å². The van der Waals surface area contributed by atoms with Crippen molar-refractivity contribution in [2.24, 2.45) is 0 Å². The molecule has 1 aliphatic heterocycles. The first kappa shape index (κ1) is 17.2. The maximum atomic E-state index is 12.7. The second kappa shape index (κ2) is 7.17. The third-order valence-corrected chi connectivity index (χ3v) is 5.30. The van der Waals surface area contributed by atoms with Gasteiger partial charge in [0.1, 0.15) is 5.76 Å². The number of hydrogen-bond acceptors (Lipinski definition) is 4. The fraction of sp³-hybridized carbons (Fsp3) is 0.0476. The molecule has 2 amide bonds. The summed E-state index contributed by atoms with van der Waals surface area (Å²) in [4.78, 5) is 28.3. The molecule has 1 aromatic heterocycles. The number of nitrogens with one attached hydrogen (secondary N) is 1. The van der Waals surface area contributed by atoms with Crippen LogP contribution in [0, 0.1) is 0 Å². The summed E-state index contributed by atoms with van der Waals surface area (Å²) in [5.41, 5.74) is 2.15. The molecule has 3 aromatic rings. The Labute approximate surface area is 160 Å². The Balaban J connectivity index is 1.59. The highest BCUT2D eigenvalue weighted by molar-refractivity contribution is 7.99. The molecule has 0 saturated heterocycles. The minimum absolute atomic E-state index is 0.0463. The summed E-state index contributed by atoms with van der Waals surface area (Å²) < 4.78 is 5.17. The number of nitrogens with zero attached hydrogens (tertiary/aromatic N) is 1. The van der Waals surface area contributed by atoms with Gasteiger partial charge in [0.25, 0.3) is 5.91 Å². The number of rotatable bonds is 3. The van der Waals surface area contributed by atoms with E-state index in [1.54, 1.807) is 42.5 Å². The van der Waals surface area contributed by atoms with Crippen LogP contribution in [0.25, 0.3) is 6.08 Å². The molecule has 5 nitrogen and oxygen atoms in total. The molecule has 2 aromatic carbocycles. The summed E-state index contributed by atoms with van der Waals surface area (Å²) in [5.74, 6) is 0.309. The number of hydrogen-bond donors (Lipinski definition) is 1. The van der Waals surface area contributed by atoms with E-state index in [1.807, 2.05) is 36.4 Å². The van der Waals surface area contributed by atoms with Gasteiger partial charge in [0.15, 0.2) is 0 Å². The first-order chi connectivity index (χ1) is 13.1. The predicted molar refractivity (Wildman–Crippen MR) is 106 cm³/mol. The number of benzene rings is 2. The van der Waals surface area contributed by atoms with E-state index in [-0.39, 0.29) is 11.8 Å². The zero-order valence-electron chi connectivity index (χ0n) is 14.5. The maximum absolute atomic E-state index is 12.7. The van der Waals surface area contributed by atoms with Crippen LogP contribution < -0.4 is 10.2 Å². The van der Waals surface area contributed by atoms with Gasteiger partial charge in [-0.2, -0.15) is 0 Å². The summed E-state index contributed by atoms with van der Waals surface area (Å²) in [6.45, 7) is 0. The van der Waals surface area contributed by atoms with Crippen molar-refractivity contribution in [2.75, 3.05) is 17.3 Å². The largest absolute Gasteiger partial charge is 0.465 e. The maximum Gasteiger partial charge on any atom is 0.259 e. The van der Waals surface area contributed by atoms with Gasteiger partial charge in [-0.3, -0.25) is 9.59 Å². The fourth-order valence-electron chi connectivity index (χ4n) is 2.82. The highest BCUT2D eigenvalue weighted by Gasteiger charge is 2.24. The second-order valence-electron chi connectivity index (χ2n) is 5.98. The molecule has 4 rings (SSSR count). The number of furan rings is 1. The Hall–Kier alpha value is -3.25. The van der Waals surface area contributed by atoms with Crippen molar-refractivity contribution in [1.82, 2.24) is 0 Å². The van der Waals surface area contributed by atoms with Crippen molar-refractivity contribution in [3.05, 3.63) is 78.3 Å². The van der Waals surface area contributed by atoms with Gasteiger partial charge in [-0.15, -0.1) is 0 Å². The molecule has 0 radical (unpaired) electrons. The monoisotopic (exact) mass is 376 g/mol. The number of anilines is 2. The fourth-order valence-corrected chi connectivity index (χ4v) is 3.96. The van der Waals surface area contributed by atoms with E-state index in [2.05, 4.69) is 5.32 Å². The SMILES string of the molecule is CN1C(=O)c2ccccc2Sc2cc(NC(=O)/C=C/c3ccco3)ccc21. The molecule has 6 heteroatoms. The zero-order valence-corrected chi connectivity index (χ0v) is 15.3. The summed E-state index contributed by atoms with van der Waals surface area (Å²) in [6, 6.07) is 16.6. The van der Waals surface area contributed by atoms with Gasteiger partial charge in [0.2, 0.25) is 5.91 Å². The Morgan fingerprint density at radius 1 is 1.11 bits per heavy atom. The van der Waals surface area contributed by atoms with Gasteiger partial charge < -0.3 is 14.6 Å². The molecule has 0 bridgehead atoms. The number of carbonyl (C=O) groups is 2. The summed E-state index contributed by atoms with van der Waals surface area (Å²) >= 11 is 1.52. The first-order valence-electron chi connectivity index (χ1n) is 8.33. The molecule has 0 fully saturated rings. The summed E-state index contributed by atoms with van der Waals surface area (Å²) in [5, 5.41) is 2.84. The van der Waals surface area contributed by atoms with Gasteiger partial charge in [-0.25, -0.2) is 0 Å². The molecule has 0 aliphatic carbocycles. The van der Waals surface area contributed by atoms with Crippen LogP contribution in [0.4, 0.5) is 11.4 Å². The van der Waals surface area contributed by atoms with Crippen LogP contribution >= 0.6 is 11.8 Å². The Morgan fingerprint density at radius 3 is 2.78 bits per heavy atom. The smallest absolute Gasteiger partial charge is 0.259 e. The van der Waals surface area contributed by atoms with Gasteiger partial charge in [-0.1, -0.05) is 23.9 Å². The van der Waals surface area contributed by atoms with E-state index in [9.17, 15) is 9.59 Å².